The average Bonchev–Trinajstić information content (AvgIpc) is 2.42. The first kappa shape index (κ1) is 15.8. The minimum absolute atomic E-state index is 0.103. The standard InChI is InChI=1S/C13H13ClN2O4/c1-8(17)16-12(13(18)19-2)7-20-10-4-3-9(6-15)11(14)5-10/h3-5,12H,7H2,1-2H3,(H,16,17). The normalized spacial score (nSPS) is 11.1. The number of nitrogens with one attached hydrogen (secondary N) is 1. The SMILES string of the molecule is COC(=O)C(COc1ccc(C#N)c(Cl)c1)NC(C)=O. The molecule has 0 heterocycles. The third-order valence-corrected chi connectivity index (χ3v) is 2.65. The number of nitrogens with zero attached hydrogens (tertiary/aromatic N) is 1. The van der Waals surface area contributed by atoms with Gasteiger partial charge in [0.2, 0.25) is 5.91 Å². The van der Waals surface area contributed by atoms with E-state index in [0.717, 1.165) is 0 Å². The molecule has 0 spiro atoms. The first-order valence-electron chi connectivity index (χ1n) is 5.65. The number of halogens is 1. The summed E-state index contributed by atoms with van der Waals surface area (Å²) >= 11 is 5.86. The molecule has 1 rings (SSSR count). The Morgan fingerprint density at radius 3 is 2.70 bits per heavy atom. The van der Waals surface area contributed by atoms with Crippen molar-refractivity contribution in [3.63, 3.8) is 0 Å². The number of hydrogen-bond acceptors (Lipinski definition) is 5. The molecule has 0 bridgehead atoms. The highest BCUT2D eigenvalue weighted by molar-refractivity contribution is 6.31. The molecule has 0 radical (unpaired) electrons. The lowest BCUT2D eigenvalue weighted by Gasteiger charge is -2.16. The second kappa shape index (κ2) is 7.36. The van der Waals surface area contributed by atoms with Crippen molar-refractivity contribution in [1.29, 1.82) is 5.26 Å². The van der Waals surface area contributed by atoms with Crippen LogP contribution in [-0.2, 0) is 14.3 Å². The van der Waals surface area contributed by atoms with E-state index in [-0.39, 0.29) is 17.5 Å². The van der Waals surface area contributed by atoms with E-state index in [1.807, 2.05) is 6.07 Å². The van der Waals surface area contributed by atoms with Crippen LogP contribution in [0.2, 0.25) is 5.02 Å². The number of benzene rings is 1. The summed E-state index contributed by atoms with van der Waals surface area (Å²) in [6, 6.07) is 5.52. The smallest absolute Gasteiger partial charge is 0.331 e. The fraction of sp³-hybridized carbons (Fsp3) is 0.308. The molecule has 0 aliphatic rings. The number of amides is 1. The summed E-state index contributed by atoms with van der Waals surface area (Å²) in [4.78, 5) is 22.4. The first-order chi connectivity index (χ1) is 9.47. The summed E-state index contributed by atoms with van der Waals surface area (Å²) in [6.07, 6.45) is 0. The van der Waals surface area contributed by atoms with Crippen molar-refractivity contribution >= 4 is 23.5 Å². The number of carbonyl (C=O) groups excluding carboxylic acids is 2. The highest BCUT2D eigenvalue weighted by atomic mass is 35.5. The molecule has 1 N–H and O–H groups in total. The lowest BCUT2D eigenvalue weighted by molar-refractivity contribution is -0.145. The minimum Gasteiger partial charge on any atom is -0.491 e. The highest BCUT2D eigenvalue weighted by Gasteiger charge is 2.21. The van der Waals surface area contributed by atoms with Gasteiger partial charge < -0.3 is 14.8 Å². The van der Waals surface area contributed by atoms with Crippen molar-refractivity contribution < 1.29 is 19.1 Å². The average molecular weight is 297 g/mol. The van der Waals surface area contributed by atoms with Crippen LogP contribution in [0.15, 0.2) is 18.2 Å². The number of methoxy groups -OCH3 is 1. The maximum absolute atomic E-state index is 11.5. The van der Waals surface area contributed by atoms with Gasteiger partial charge in [-0.3, -0.25) is 4.79 Å². The van der Waals surface area contributed by atoms with Gasteiger partial charge in [0.15, 0.2) is 6.04 Å². The highest BCUT2D eigenvalue weighted by Crippen LogP contribution is 2.21. The van der Waals surface area contributed by atoms with Crippen molar-refractivity contribution in [1.82, 2.24) is 5.32 Å². The predicted molar refractivity (Wildman–Crippen MR) is 71.3 cm³/mol. The summed E-state index contributed by atoms with van der Waals surface area (Å²) in [5, 5.41) is 11.4. The maximum atomic E-state index is 11.5. The Kier molecular flexibility index (Phi) is 5.81. The van der Waals surface area contributed by atoms with Crippen LogP contribution in [0.25, 0.3) is 0 Å². The molecule has 0 aliphatic carbocycles. The zero-order valence-corrected chi connectivity index (χ0v) is 11.7. The molecule has 20 heavy (non-hydrogen) atoms. The van der Waals surface area contributed by atoms with Crippen molar-refractivity contribution in [2.45, 2.75) is 13.0 Å². The number of hydrogen-bond donors (Lipinski definition) is 1. The van der Waals surface area contributed by atoms with E-state index in [0.29, 0.717) is 11.3 Å². The van der Waals surface area contributed by atoms with Crippen LogP contribution in [0.4, 0.5) is 0 Å². The van der Waals surface area contributed by atoms with E-state index in [9.17, 15) is 9.59 Å². The lowest BCUT2D eigenvalue weighted by atomic mass is 10.2. The Labute approximate surface area is 121 Å². The zero-order valence-electron chi connectivity index (χ0n) is 11.0. The molecule has 0 aliphatic heterocycles. The molecule has 1 amide bonds. The topological polar surface area (TPSA) is 88.4 Å². The van der Waals surface area contributed by atoms with Gasteiger partial charge in [0.25, 0.3) is 0 Å². The van der Waals surface area contributed by atoms with E-state index in [1.54, 1.807) is 6.07 Å². The van der Waals surface area contributed by atoms with Crippen LogP contribution in [0.1, 0.15) is 12.5 Å². The summed E-state index contributed by atoms with van der Waals surface area (Å²) in [5.41, 5.74) is 0.324. The summed E-state index contributed by atoms with van der Waals surface area (Å²) in [5.74, 6) is -0.602. The molecule has 1 unspecified atom stereocenters. The van der Waals surface area contributed by atoms with Gasteiger partial charge in [-0.2, -0.15) is 5.26 Å². The number of esters is 1. The lowest BCUT2D eigenvalue weighted by Crippen LogP contribution is -2.44. The quantitative estimate of drug-likeness (QED) is 0.827. The van der Waals surface area contributed by atoms with Gasteiger partial charge in [0.1, 0.15) is 18.4 Å². The maximum Gasteiger partial charge on any atom is 0.331 e. The third-order valence-electron chi connectivity index (χ3n) is 2.34. The van der Waals surface area contributed by atoms with Crippen LogP contribution in [0.5, 0.6) is 5.75 Å². The van der Waals surface area contributed by atoms with Gasteiger partial charge in [-0.25, -0.2) is 4.79 Å². The molecule has 0 aromatic heterocycles. The Bertz CT molecular complexity index is 554. The fourth-order valence-electron chi connectivity index (χ4n) is 1.41. The number of carbonyl (C=O) groups is 2. The van der Waals surface area contributed by atoms with Crippen LogP contribution in [0, 0.1) is 11.3 Å². The molecule has 0 saturated heterocycles. The zero-order chi connectivity index (χ0) is 15.1. The van der Waals surface area contributed by atoms with E-state index in [4.69, 9.17) is 21.6 Å². The van der Waals surface area contributed by atoms with E-state index in [1.165, 1.54) is 26.2 Å². The number of nitriles is 1. The third kappa shape index (κ3) is 4.44. The van der Waals surface area contributed by atoms with Crippen LogP contribution in [0.3, 0.4) is 0 Å². The van der Waals surface area contributed by atoms with E-state index >= 15 is 0 Å². The Morgan fingerprint density at radius 2 is 2.20 bits per heavy atom. The van der Waals surface area contributed by atoms with Gasteiger partial charge in [-0.15, -0.1) is 0 Å². The van der Waals surface area contributed by atoms with Crippen molar-refractivity contribution in [3.05, 3.63) is 28.8 Å². The summed E-state index contributed by atoms with van der Waals surface area (Å²) in [7, 11) is 1.22. The van der Waals surface area contributed by atoms with Crippen molar-refractivity contribution in [2.24, 2.45) is 0 Å². The molecule has 106 valence electrons. The Balaban J connectivity index is 2.72. The molecule has 6 nitrogen and oxygen atoms in total. The van der Waals surface area contributed by atoms with Gasteiger partial charge >= 0.3 is 5.97 Å². The van der Waals surface area contributed by atoms with Crippen LogP contribution in [-0.4, -0.2) is 31.6 Å². The molecule has 0 fully saturated rings. The predicted octanol–water partition coefficient (Wildman–Crippen LogP) is 1.27. The largest absolute Gasteiger partial charge is 0.491 e. The molecule has 7 heteroatoms. The first-order valence-corrected chi connectivity index (χ1v) is 6.03. The van der Waals surface area contributed by atoms with Crippen LogP contribution >= 0.6 is 11.6 Å². The van der Waals surface area contributed by atoms with Gasteiger partial charge in [0.05, 0.1) is 17.7 Å². The van der Waals surface area contributed by atoms with E-state index in [2.05, 4.69) is 10.1 Å². The molecule has 1 atom stereocenters. The van der Waals surface area contributed by atoms with E-state index < -0.39 is 12.0 Å². The second-order valence-electron chi connectivity index (χ2n) is 3.84. The molecule has 1 aromatic rings. The number of ether oxygens (including phenoxy) is 2. The van der Waals surface area contributed by atoms with Crippen molar-refractivity contribution in [2.75, 3.05) is 13.7 Å². The monoisotopic (exact) mass is 296 g/mol. The molecule has 0 saturated carbocycles. The summed E-state index contributed by atoms with van der Waals surface area (Å²) in [6.45, 7) is 1.18. The van der Waals surface area contributed by atoms with Crippen molar-refractivity contribution in [3.8, 4) is 11.8 Å². The Hall–Kier alpha value is -2.26. The fourth-order valence-corrected chi connectivity index (χ4v) is 1.62. The minimum atomic E-state index is -0.910. The molecular weight excluding hydrogens is 284 g/mol. The van der Waals surface area contributed by atoms with Crippen LogP contribution < -0.4 is 10.1 Å². The molecular formula is C13H13ClN2O4. The van der Waals surface area contributed by atoms with Gasteiger partial charge in [-0.05, 0) is 12.1 Å². The summed E-state index contributed by atoms with van der Waals surface area (Å²) < 4.78 is 9.92. The van der Waals surface area contributed by atoms with Gasteiger partial charge in [-0.1, -0.05) is 11.6 Å². The Morgan fingerprint density at radius 1 is 1.50 bits per heavy atom. The molecule has 1 aromatic carbocycles. The second-order valence-corrected chi connectivity index (χ2v) is 4.25. The van der Waals surface area contributed by atoms with Gasteiger partial charge in [0, 0.05) is 13.0 Å². The number of rotatable bonds is 5.